The van der Waals surface area contributed by atoms with Crippen LogP contribution in [-0.4, -0.2) is 0 Å². The van der Waals surface area contributed by atoms with Crippen molar-refractivity contribution in [1.82, 2.24) is 0 Å². The van der Waals surface area contributed by atoms with Gasteiger partial charge in [-0.05, 0) is 69.8 Å². The molecular formula is C39H28F5NOS. The van der Waals surface area contributed by atoms with Crippen molar-refractivity contribution in [3.8, 4) is 44.9 Å². The Labute approximate surface area is 269 Å². The molecule has 0 atom stereocenters. The first-order chi connectivity index (χ1) is 22.2. The minimum atomic E-state index is -10.0. The maximum absolute atomic E-state index is 14.4. The molecule has 1 aliphatic heterocycles. The van der Waals surface area contributed by atoms with Crippen LogP contribution in [0.15, 0.2) is 138 Å². The van der Waals surface area contributed by atoms with Gasteiger partial charge in [0.05, 0.1) is 11.4 Å². The van der Waals surface area contributed by atoms with Crippen molar-refractivity contribution in [2.45, 2.75) is 24.2 Å². The van der Waals surface area contributed by atoms with Crippen molar-refractivity contribution in [3.05, 3.63) is 145 Å². The van der Waals surface area contributed by atoms with Gasteiger partial charge in [-0.3, -0.25) is 0 Å². The Morgan fingerprint density at radius 2 is 0.957 bits per heavy atom. The van der Waals surface area contributed by atoms with Gasteiger partial charge in [-0.2, -0.15) is 0 Å². The Balaban J connectivity index is 1.37. The maximum atomic E-state index is 14.4. The number of rotatable bonds is 4. The minimum absolute atomic E-state index is 0.136. The Hall–Kier alpha value is -5.08. The van der Waals surface area contributed by atoms with Gasteiger partial charge in [-0.15, -0.1) is 0 Å². The highest BCUT2D eigenvalue weighted by Gasteiger charge is 2.66. The molecule has 1 heterocycles. The highest BCUT2D eigenvalue weighted by Crippen LogP contribution is 3.02. The summed E-state index contributed by atoms with van der Waals surface area (Å²) in [6, 6.07) is 38.5. The van der Waals surface area contributed by atoms with Crippen LogP contribution in [0.5, 0.6) is 11.5 Å². The molecule has 0 spiro atoms. The lowest BCUT2D eigenvalue weighted by Gasteiger charge is -2.42. The van der Waals surface area contributed by atoms with Crippen LogP contribution in [0.25, 0.3) is 33.4 Å². The zero-order valence-corrected chi connectivity index (χ0v) is 26.2. The number of benzene rings is 6. The molecule has 2 aliphatic rings. The zero-order chi connectivity index (χ0) is 32.8. The predicted molar refractivity (Wildman–Crippen MR) is 181 cm³/mol. The standard InChI is InChI=1S/C39H28F5NOS/c1-39(2)36-27(26-15-6-9-24-35(26)47(40,41,42,43)44)16-10-17-28(36)29-18-11-19-30(37(29)39)31-20-12-23-34-38(31)45(25-13-4-3-5-14-25)32-21-7-8-22-33(32)46-34/h3-24H,1-2H3. The number of anilines is 3. The van der Waals surface area contributed by atoms with Gasteiger partial charge >= 0.3 is 10.2 Å². The fourth-order valence-corrected chi connectivity index (χ4v) is 8.29. The van der Waals surface area contributed by atoms with Gasteiger partial charge in [0.15, 0.2) is 11.5 Å². The van der Waals surface area contributed by atoms with Crippen LogP contribution in [0.1, 0.15) is 25.0 Å². The second kappa shape index (κ2) is 9.26. The van der Waals surface area contributed by atoms with Crippen molar-refractivity contribution in [1.29, 1.82) is 0 Å². The Morgan fingerprint density at radius 1 is 0.489 bits per heavy atom. The number of halogens is 5. The van der Waals surface area contributed by atoms with E-state index in [4.69, 9.17) is 4.74 Å². The van der Waals surface area contributed by atoms with Crippen molar-refractivity contribution in [2.75, 3.05) is 4.90 Å². The first-order valence-corrected chi connectivity index (χ1v) is 17.1. The third-order valence-corrected chi connectivity index (χ3v) is 10.3. The van der Waals surface area contributed by atoms with Gasteiger partial charge in [0.2, 0.25) is 0 Å². The summed E-state index contributed by atoms with van der Waals surface area (Å²) in [6.07, 6.45) is 0. The number of fused-ring (bicyclic) bond motifs is 5. The number of hydrogen-bond acceptors (Lipinski definition) is 2. The Morgan fingerprint density at radius 3 is 1.62 bits per heavy atom. The van der Waals surface area contributed by atoms with E-state index in [9.17, 15) is 19.4 Å². The summed E-state index contributed by atoms with van der Waals surface area (Å²) in [5.41, 5.74) is 6.13. The normalized spacial score (nSPS) is 15.8. The Kier molecular flexibility index (Phi) is 5.78. The lowest BCUT2D eigenvalue weighted by Crippen LogP contribution is -2.20. The third kappa shape index (κ3) is 4.53. The molecule has 0 saturated heterocycles. The lowest BCUT2D eigenvalue weighted by molar-refractivity contribution is 0.364. The maximum Gasteiger partial charge on any atom is 0.311 e. The second-order valence-corrected chi connectivity index (χ2v) is 14.8. The molecule has 236 valence electrons. The van der Waals surface area contributed by atoms with Crippen LogP contribution in [0.4, 0.5) is 36.5 Å². The van der Waals surface area contributed by atoms with E-state index in [1.807, 2.05) is 111 Å². The summed E-state index contributed by atoms with van der Waals surface area (Å²) in [4.78, 5) is 0.285. The molecule has 0 bridgehead atoms. The van der Waals surface area contributed by atoms with E-state index < -0.39 is 26.1 Å². The van der Waals surface area contributed by atoms with Crippen molar-refractivity contribution >= 4 is 27.3 Å². The molecule has 8 rings (SSSR count). The third-order valence-electron chi connectivity index (χ3n) is 9.12. The van der Waals surface area contributed by atoms with Crippen LogP contribution < -0.4 is 9.64 Å². The van der Waals surface area contributed by atoms with Gasteiger partial charge in [0.25, 0.3) is 0 Å². The number of hydrogen-bond donors (Lipinski definition) is 0. The average molecular weight is 654 g/mol. The molecule has 0 fully saturated rings. The average Bonchev–Trinajstić information content (AvgIpc) is 3.29. The topological polar surface area (TPSA) is 12.5 Å². The second-order valence-electron chi connectivity index (χ2n) is 12.4. The summed E-state index contributed by atoms with van der Waals surface area (Å²) < 4.78 is 78.5. The molecule has 0 unspecified atom stereocenters. The molecule has 0 N–H and O–H groups in total. The van der Waals surface area contributed by atoms with Crippen molar-refractivity contribution < 1.29 is 24.2 Å². The SMILES string of the molecule is CC1(C)c2c(-c3ccccc3S(F)(F)(F)(F)F)cccc2-c2cccc(-c3cccc4c3N(c3ccccc3)c3ccccc3O4)c21. The molecule has 8 heteroatoms. The molecule has 2 nitrogen and oxygen atoms in total. The minimum Gasteiger partial charge on any atom is -0.453 e. The van der Waals surface area contributed by atoms with E-state index in [1.54, 1.807) is 6.07 Å². The Bertz CT molecular complexity index is 2250. The fraction of sp³-hybridized carbons (Fsp3) is 0.0769. The van der Waals surface area contributed by atoms with E-state index in [1.165, 1.54) is 12.1 Å². The number of nitrogens with zero attached hydrogens (tertiary/aromatic N) is 1. The zero-order valence-electron chi connectivity index (χ0n) is 25.4. The molecule has 0 saturated carbocycles. The van der Waals surface area contributed by atoms with Gasteiger partial charge in [-0.1, -0.05) is 130 Å². The molecule has 47 heavy (non-hydrogen) atoms. The van der Waals surface area contributed by atoms with Crippen LogP contribution >= 0.6 is 10.2 Å². The van der Waals surface area contributed by atoms with E-state index in [0.717, 1.165) is 51.4 Å². The van der Waals surface area contributed by atoms with Gasteiger partial charge in [-0.25, -0.2) is 0 Å². The predicted octanol–water partition coefficient (Wildman–Crippen LogP) is 13.6. The van der Waals surface area contributed by atoms with Crippen molar-refractivity contribution in [2.24, 2.45) is 0 Å². The molecule has 6 aromatic carbocycles. The van der Waals surface area contributed by atoms with Gasteiger partial charge < -0.3 is 9.64 Å². The van der Waals surface area contributed by atoms with Crippen LogP contribution in [0.2, 0.25) is 0 Å². The van der Waals surface area contributed by atoms with E-state index in [-0.39, 0.29) is 5.56 Å². The summed E-state index contributed by atoms with van der Waals surface area (Å²) in [7, 11) is -10.0. The number of para-hydroxylation sites is 4. The highest BCUT2D eigenvalue weighted by atomic mass is 32.5. The monoisotopic (exact) mass is 653 g/mol. The highest BCUT2D eigenvalue weighted by molar-refractivity contribution is 8.45. The van der Waals surface area contributed by atoms with E-state index in [0.29, 0.717) is 28.7 Å². The van der Waals surface area contributed by atoms with E-state index in [2.05, 4.69) is 4.90 Å². The summed E-state index contributed by atoms with van der Waals surface area (Å²) in [6.45, 7) is 3.90. The van der Waals surface area contributed by atoms with Crippen LogP contribution in [-0.2, 0) is 5.41 Å². The van der Waals surface area contributed by atoms with Crippen molar-refractivity contribution in [3.63, 3.8) is 0 Å². The molecule has 0 aromatic heterocycles. The smallest absolute Gasteiger partial charge is 0.311 e. The lowest BCUT2D eigenvalue weighted by atomic mass is 9.76. The van der Waals surface area contributed by atoms with Gasteiger partial charge in [0, 0.05) is 22.2 Å². The number of ether oxygens (including phenoxy) is 1. The van der Waals surface area contributed by atoms with Crippen LogP contribution in [0, 0.1) is 0 Å². The summed E-state index contributed by atoms with van der Waals surface area (Å²) in [5.74, 6) is 1.36. The molecule has 1 aliphatic carbocycles. The molecular weight excluding hydrogens is 625 g/mol. The summed E-state index contributed by atoms with van der Waals surface area (Å²) >= 11 is 0. The molecule has 0 amide bonds. The van der Waals surface area contributed by atoms with Gasteiger partial charge in [0.1, 0.15) is 4.90 Å². The first-order valence-electron chi connectivity index (χ1n) is 15.1. The fourth-order valence-electron chi connectivity index (χ4n) is 7.36. The quantitative estimate of drug-likeness (QED) is 0.175. The molecule has 0 radical (unpaired) electrons. The first kappa shape index (κ1) is 29.3. The van der Waals surface area contributed by atoms with E-state index >= 15 is 0 Å². The van der Waals surface area contributed by atoms with Crippen LogP contribution in [0.3, 0.4) is 0 Å². The summed E-state index contributed by atoms with van der Waals surface area (Å²) in [5, 5.41) is 0. The largest absolute Gasteiger partial charge is 0.453 e. The molecule has 6 aromatic rings.